The van der Waals surface area contributed by atoms with E-state index >= 15 is 0 Å². The van der Waals surface area contributed by atoms with Gasteiger partial charge in [-0.3, -0.25) is 19.3 Å². The van der Waals surface area contributed by atoms with Crippen LogP contribution in [0.5, 0.6) is 0 Å². The maximum absolute atomic E-state index is 13.2. The molecule has 3 amide bonds. The second kappa shape index (κ2) is 10.2. The number of carbonyl (C=O) groups excluding carboxylic acids is 3. The van der Waals surface area contributed by atoms with E-state index in [9.17, 15) is 14.4 Å². The highest BCUT2D eigenvalue weighted by Crippen LogP contribution is 2.24. The van der Waals surface area contributed by atoms with Crippen LogP contribution < -0.4 is 10.6 Å². The molecule has 0 saturated carbocycles. The zero-order valence-corrected chi connectivity index (χ0v) is 18.3. The van der Waals surface area contributed by atoms with Gasteiger partial charge in [0.05, 0.1) is 0 Å². The van der Waals surface area contributed by atoms with Crippen LogP contribution in [-0.4, -0.2) is 59.7 Å². The van der Waals surface area contributed by atoms with E-state index in [1.165, 1.54) is 0 Å². The molecule has 7 heteroatoms. The summed E-state index contributed by atoms with van der Waals surface area (Å²) in [6, 6.07) is 16.7. The molecule has 1 fully saturated rings. The van der Waals surface area contributed by atoms with Crippen molar-refractivity contribution in [3.63, 3.8) is 0 Å². The van der Waals surface area contributed by atoms with Gasteiger partial charge in [0.2, 0.25) is 5.91 Å². The molecule has 3 rings (SSSR count). The summed E-state index contributed by atoms with van der Waals surface area (Å²) in [5.74, 6) is -1.22. The fraction of sp³-hybridized carbons (Fsp3) is 0.375. The lowest BCUT2D eigenvalue weighted by Crippen LogP contribution is -2.55. The third kappa shape index (κ3) is 5.92. The monoisotopic (exact) mass is 422 g/mol. The molecule has 1 aliphatic rings. The Labute approximate surface area is 183 Å². The first-order valence-corrected chi connectivity index (χ1v) is 10.6. The fourth-order valence-corrected chi connectivity index (χ4v) is 3.66. The van der Waals surface area contributed by atoms with Crippen molar-refractivity contribution in [3.8, 4) is 0 Å². The Hall–Kier alpha value is -3.19. The van der Waals surface area contributed by atoms with Crippen LogP contribution in [0.2, 0.25) is 0 Å². The van der Waals surface area contributed by atoms with Gasteiger partial charge in [0.1, 0.15) is 6.04 Å². The minimum absolute atomic E-state index is 0.0920. The summed E-state index contributed by atoms with van der Waals surface area (Å²) < 4.78 is 0. The van der Waals surface area contributed by atoms with Crippen LogP contribution >= 0.6 is 0 Å². The second-order valence-electron chi connectivity index (χ2n) is 8.12. The molecule has 1 atom stereocenters. The van der Waals surface area contributed by atoms with Crippen molar-refractivity contribution in [3.05, 3.63) is 65.7 Å². The number of carbonyl (C=O) groups is 3. The lowest BCUT2D eigenvalue weighted by atomic mass is 10.0. The largest absolute Gasteiger partial charge is 0.346 e. The van der Waals surface area contributed by atoms with Gasteiger partial charge in [0.15, 0.2) is 0 Å². The van der Waals surface area contributed by atoms with Gasteiger partial charge in [-0.25, -0.2) is 0 Å². The first kappa shape index (κ1) is 22.5. The highest BCUT2D eigenvalue weighted by atomic mass is 16.2. The number of aryl methyl sites for hydroxylation is 1. The maximum atomic E-state index is 13.2. The lowest BCUT2D eigenvalue weighted by molar-refractivity contribution is -0.147. The standard InChI is InChI=1S/C24H30N4O3/c1-17(2)25-23(30)24(31)28-15-13-27(14-16-28)21(19-7-5-4-6-8-19)22(29)26-20-11-9-18(3)10-12-20/h4-12,17,21H,13-16H2,1-3H3,(H,25,30)(H,26,29)/t21-/m1/s1. The average Bonchev–Trinajstić information content (AvgIpc) is 2.76. The van der Waals surface area contributed by atoms with Crippen LogP contribution in [0.1, 0.15) is 31.0 Å². The third-order valence-electron chi connectivity index (χ3n) is 5.26. The minimum atomic E-state index is -0.583. The van der Waals surface area contributed by atoms with Crippen molar-refractivity contribution in [1.29, 1.82) is 0 Å². The van der Waals surface area contributed by atoms with Crippen molar-refractivity contribution >= 4 is 23.4 Å². The summed E-state index contributed by atoms with van der Waals surface area (Å²) >= 11 is 0. The van der Waals surface area contributed by atoms with E-state index in [1.807, 2.05) is 75.4 Å². The van der Waals surface area contributed by atoms with Gasteiger partial charge in [-0.1, -0.05) is 48.0 Å². The van der Waals surface area contributed by atoms with Gasteiger partial charge >= 0.3 is 11.8 Å². The molecule has 0 bridgehead atoms. The molecule has 164 valence electrons. The lowest BCUT2D eigenvalue weighted by Gasteiger charge is -2.38. The first-order valence-electron chi connectivity index (χ1n) is 10.6. The molecule has 1 aliphatic heterocycles. The highest BCUT2D eigenvalue weighted by Gasteiger charge is 2.33. The average molecular weight is 423 g/mol. The Bertz CT molecular complexity index is 904. The summed E-state index contributed by atoms with van der Waals surface area (Å²) in [5.41, 5.74) is 2.76. The highest BCUT2D eigenvalue weighted by molar-refractivity contribution is 6.35. The van der Waals surface area contributed by atoms with Crippen molar-refractivity contribution in [1.82, 2.24) is 15.1 Å². The third-order valence-corrected chi connectivity index (χ3v) is 5.26. The summed E-state index contributed by atoms with van der Waals surface area (Å²) in [4.78, 5) is 41.3. The maximum Gasteiger partial charge on any atom is 0.311 e. The van der Waals surface area contributed by atoms with Crippen molar-refractivity contribution in [2.45, 2.75) is 32.9 Å². The minimum Gasteiger partial charge on any atom is -0.346 e. The van der Waals surface area contributed by atoms with Crippen LogP contribution in [0.15, 0.2) is 54.6 Å². The topological polar surface area (TPSA) is 81.8 Å². The summed E-state index contributed by atoms with van der Waals surface area (Å²) in [7, 11) is 0. The van der Waals surface area contributed by atoms with Crippen LogP contribution in [0, 0.1) is 6.92 Å². The summed E-state index contributed by atoms with van der Waals surface area (Å²) in [6.07, 6.45) is 0. The number of benzene rings is 2. The number of amides is 3. The zero-order chi connectivity index (χ0) is 22.4. The molecule has 0 aromatic heterocycles. The normalized spacial score (nSPS) is 15.4. The zero-order valence-electron chi connectivity index (χ0n) is 18.3. The van der Waals surface area contributed by atoms with E-state index < -0.39 is 17.9 Å². The van der Waals surface area contributed by atoms with Gasteiger partial charge in [0, 0.05) is 37.9 Å². The molecular formula is C24H30N4O3. The molecule has 2 aromatic carbocycles. The van der Waals surface area contributed by atoms with E-state index in [0.717, 1.165) is 16.8 Å². The number of piperazine rings is 1. The van der Waals surface area contributed by atoms with Crippen LogP contribution in [-0.2, 0) is 14.4 Å². The molecule has 2 N–H and O–H groups in total. The van der Waals surface area contributed by atoms with Crippen molar-refractivity contribution < 1.29 is 14.4 Å². The smallest absolute Gasteiger partial charge is 0.311 e. The van der Waals surface area contributed by atoms with Gasteiger partial charge in [-0.05, 0) is 38.5 Å². The number of hydrogen-bond acceptors (Lipinski definition) is 4. The van der Waals surface area contributed by atoms with Crippen LogP contribution in [0.25, 0.3) is 0 Å². The number of nitrogens with zero attached hydrogens (tertiary/aromatic N) is 2. The molecule has 0 radical (unpaired) electrons. The van der Waals surface area contributed by atoms with Crippen molar-refractivity contribution in [2.24, 2.45) is 0 Å². The van der Waals surface area contributed by atoms with E-state index in [-0.39, 0.29) is 11.9 Å². The summed E-state index contributed by atoms with van der Waals surface area (Å²) in [5, 5.41) is 5.65. The molecule has 0 spiro atoms. The molecule has 1 saturated heterocycles. The van der Waals surface area contributed by atoms with E-state index in [1.54, 1.807) is 4.90 Å². The van der Waals surface area contributed by atoms with Crippen molar-refractivity contribution in [2.75, 3.05) is 31.5 Å². The number of nitrogens with one attached hydrogen (secondary N) is 2. The Morgan fingerprint density at radius 1 is 0.871 bits per heavy atom. The van der Waals surface area contributed by atoms with Gasteiger partial charge in [0.25, 0.3) is 0 Å². The molecule has 1 heterocycles. The Morgan fingerprint density at radius 3 is 2.06 bits per heavy atom. The second-order valence-corrected chi connectivity index (χ2v) is 8.12. The fourth-order valence-electron chi connectivity index (χ4n) is 3.66. The van der Waals surface area contributed by atoms with Gasteiger partial charge in [-0.2, -0.15) is 0 Å². The molecule has 2 aromatic rings. The SMILES string of the molecule is Cc1ccc(NC(=O)[C@@H](c2ccccc2)N2CCN(C(=O)C(=O)NC(C)C)CC2)cc1. The molecule has 0 aliphatic carbocycles. The van der Waals surface area contributed by atoms with Gasteiger partial charge < -0.3 is 15.5 Å². The number of anilines is 1. The van der Waals surface area contributed by atoms with E-state index in [2.05, 4.69) is 15.5 Å². The quantitative estimate of drug-likeness (QED) is 0.725. The predicted octanol–water partition coefficient (Wildman–Crippen LogP) is 2.34. The Morgan fingerprint density at radius 2 is 1.48 bits per heavy atom. The van der Waals surface area contributed by atoms with E-state index in [4.69, 9.17) is 0 Å². The number of hydrogen-bond donors (Lipinski definition) is 2. The molecule has 31 heavy (non-hydrogen) atoms. The van der Waals surface area contributed by atoms with Crippen LogP contribution in [0.3, 0.4) is 0 Å². The summed E-state index contributed by atoms with van der Waals surface area (Å²) in [6.45, 7) is 7.43. The molecule has 0 unspecified atom stereocenters. The molecular weight excluding hydrogens is 392 g/mol. The predicted molar refractivity (Wildman–Crippen MR) is 120 cm³/mol. The van der Waals surface area contributed by atoms with E-state index in [0.29, 0.717) is 26.2 Å². The molecule has 7 nitrogen and oxygen atoms in total. The first-order chi connectivity index (χ1) is 14.8. The van der Waals surface area contributed by atoms with Crippen LogP contribution in [0.4, 0.5) is 5.69 Å². The van der Waals surface area contributed by atoms with Gasteiger partial charge in [-0.15, -0.1) is 0 Å². The Balaban J connectivity index is 1.71. The Kier molecular flexibility index (Phi) is 7.41. The number of rotatable bonds is 5.